The maximum Gasteiger partial charge on any atom is 0.417 e. The summed E-state index contributed by atoms with van der Waals surface area (Å²) in [6.07, 6.45) is -0.749. The molecule has 1 aromatic heterocycles. The summed E-state index contributed by atoms with van der Waals surface area (Å²) in [4.78, 5) is 4.38. The van der Waals surface area contributed by atoms with Gasteiger partial charge in [0.2, 0.25) is 10.0 Å². The van der Waals surface area contributed by atoms with Gasteiger partial charge in [-0.2, -0.15) is 18.3 Å². The van der Waals surface area contributed by atoms with Crippen molar-refractivity contribution in [1.29, 1.82) is 0 Å². The lowest BCUT2D eigenvalue weighted by Gasteiger charge is -2.33. The molecule has 0 spiro atoms. The summed E-state index contributed by atoms with van der Waals surface area (Å²) < 4.78 is 69.5. The van der Waals surface area contributed by atoms with Crippen molar-refractivity contribution in [2.75, 3.05) is 57.8 Å². The Labute approximate surface area is 261 Å². The van der Waals surface area contributed by atoms with Gasteiger partial charge in [0.15, 0.2) is 0 Å². The number of hydrogen-bond acceptors (Lipinski definition) is 9. The Balaban J connectivity index is 1.29. The number of hydrogen-bond donors (Lipinski definition) is 4. The number of thioether (sulfide) groups is 1. The molecule has 4 N–H and O–H groups in total. The second kappa shape index (κ2) is 14.4. The van der Waals surface area contributed by atoms with Crippen molar-refractivity contribution in [3.05, 3.63) is 35.0 Å². The van der Waals surface area contributed by atoms with Gasteiger partial charge in [0.25, 0.3) is 0 Å². The molecule has 0 bridgehead atoms. The van der Waals surface area contributed by atoms with Crippen molar-refractivity contribution < 1.29 is 31.8 Å². The number of nitrogens with zero attached hydrogens (tertiary/aromatic N) is 4. The van der Waals surface area contributed by atoms with E-state index in [4.69, 9.17) is 5.10 Å². The molecule has 0 radical (unpaired) electrons. The third-order valence-electron chi connectivity index (χ3n) is 8.53. The van der Waals surface area contributed by atoms with Gasteiger partial charge in [-0.3, -0.25) is 9.58 Å². The molecule has 10 nitrogen and oxygen atoms in total. The summed E-state index contributed by atoms with van der Waals surface area (Å²) in [5, 5.41) is 29.1. The summed E-state index contributed by atoms with van der Waals surface area (Å²) in [5.74, 6) is 0.473. The first-order valence-electron chi connectivity index (χ1n) is 15.3. The number of halogens is 3. The summed E-state index contributed by atoms with van der Waals surface area (Å²) in [6, 6.07) is 4.11. The van der Waals surface area contributed by atoms with Gasteiger partial charge in [0, 0.05) is 72.7 Å². The van der Waals surface area contributed by atoms with E-state index in [1.54, 1.807) is 10.7 Å². The van der Waals surface area contributed by atoms with E-state index in [2.05, 4.69) is 19.8 Å². The molecular formula is C29H43F3N6O4S2. The van der Waals surface area contributed by atoms with Crippen LogP contribution in [0, 0.1) is 0 Å². The molecule has 0 saturated carbocycles. The van der Waals surface area contributed by atoms with Crippen molar-refractivity contribution in [3.8, 4) is 11.3 Å². The molecule has 0 aliphatic carbocycles. The molecule has 44 heavy (non-hydrogen) atoms. The fraction of sp³-hybridized carbons (Fsp3) is 0.690. The second-order valence-electron chi connectivity index (χ2n) is 12.2. The summed E-state index contributed by atoms with van der Waals surface area (Å²) >= 11 is 1.18. The predicted octanol–water partition coefficient (Wildman–Crippen LogP) is 2.14. The summed E-state index contributed by atoms with van der Waals surface area (Å²) in [7, 11) is -3.26. The van der Waals surface area contributed by atoms with Crippen LogP contribution in [0.5, 0.6) is 0 Å². The average Bonchev–Trinajstić information content (AvgIpc) is 3.31. The highest BCUT2D eigenvalue weighted by Gasteiger charge is 2.34. The molecule has 5 rings (SSSR count). The lowest BCUT2D eigenvalue weighted by atomic mass is 10.0. The first-order valence-corrected chi connectivity index (χ1v) is 18.2. The van der Waals surface area contributed by atoms with E-state index >= 15 is 0 Å². The Morgan fingerprint density at radius 1 is 1.16 bits per heavy atom. The molecule has 0 amide bonds. The molecule has 4 heterocycles. The van der Waals surface area contributed by atoms with Crippen LogP contribution in [0.25, 0.3) is 11.3 Å². The topological polar surface area (TPSA) is 123 Å². The van der Waals surface area contributed by atoms with Crippen LogP contribution in [0.15, 0.2) is 23.1 Å². The standard InChI is InChI=1S/C29H43F3N6O4S2/c1-44(41,42)35-21-7-11-37(12-8-21)18-23(40)19-38-26-6-9-33-16-24(26)28(34-38)20-4-5-25(29(30,31)32)27(15-20)43-14-13-36-10-2-3-22(39)17-36/h4-5,15,21-23,33,35,39-40H,2-3,6-14,16-19H2,1H3. The number of likely N-dealkylation sites (tertiary alicyclic amines) is 2. The van der Waals surface area contributed by atoms with Crippen molar-refractivity contribution in [2.24, 2.45) is 0 Å². The largest absolute Gasteiger partial charge is 0.417 e. The Hall–Kier alpha value is -1.72. The van der Waals surface area contributed by atoms with E-state index in [0.29, 0.717) is 75.5 Å². The van der Waals surface area contributed by atoms with Crippen molar-refractivity contribution in [2.45, 2.75) is 74.5 Å². The van der Waals surface area contributed by atoms with Crippen LogP contribution in [0.2, 0.25) is 0 Å². The van der Waals surface area contributed by atoms with E-state index < -0.39 is 27.9 Å². The van der Waals surface area contributed by atoms with Crippen LogP contribution in [-0.2, 0) is 35.7 Å². The zero-order valence-corrected chi connectivity index (χ0v) is 26.7. The number of aromatic nitrogens is 2. The molecule has 3 aliphatic rings. The maximum absolute atomic E-state index is 14.0. The van der Waals surface area contributed by atoms with Crippen molar-refractivity contribution >= 4 is 21.8 Å². The first-order chi connectivity index (χ1) is 20.9. The highest BCUT2D eigenvalue weighted by molar-refractivity contribution is 7.99. The van der Waals surface area contributed by atoms with Crippen LogP contribution >= 0.6 is 11.8 Å². The molecule has 2 fully saturated rings. The van der Waals surface area contributed by atoms with E-state index in [1.807, 2.05) is 0 Å². The number of sulfonamides is 1. The van der Waals surface area contributed by atoms with Gasteiger partial charge in [-0.05, 0) is 57.5 Å². The van der Waals surface area contributed by atoms with Gasteiger partial charge in [-0.15, -0.1) is 11.8 Å². The maximum atomic E-state index is 14.0. The quantitative estimate of drug-likeness (QED) is 0.269. The SMILES string of the molecule is CS(=O)(=O)NC1CCN(CC(O)Cn2nc(-c3ccc(C(F)(F)F)c(SCCN4CCCC(O)C4)c3)c3c2CCNC3)CC1. The van der Waals surface area contributed by atoms with Crippen molar-refractivity contribution in [3.63, 3.8) is 0 Å². The Kier molecular flexibility index (Phi) is 11.0. The Morgan fingerprint density at radius 2 is 1.93 bits per heavy atom. The number of fused-ring (bicyclic) bond motifs is 1. The van der Waals surface area contributed by atoms with Gasteiger partial charge in [-0.25, -0.2) is 13.1 Å². The molecule has 3 aliphatic heterocycles. The molecular weight excluding hydrogens is 617 g/mol. The number of nitrogens with one attached hydrogen (secondary N) is 2. The average molecular weight is 661 g/mol. The third-order valence-corrected chi connectivity index (χ3v) is 10.3. The fourth-order valence-electron chi connectivity index (χ4n) is 6.44. The smallest absolute Gasteiger partial charge is 0.392 e. The van der Waals surface area contributed by atoms with Crippen molar-refractivity contribution in [1.82, 2.24) is 29.6 Å². The van der Waals surface area contributed by atoms with Crippen LogP contribution in [-0.4, -0.2) is 114 Å². The molecule has 246 valence electrons. The van der Waals surface area contributed by atoms with Crippen LogP contribution < -0.4 is 10.0 Å². The minimum Gasteiger partial charge on any atom is -0.392 e. The fourth-order valence-corrected chi connectivity index (χ4v) is 8.40. The van der Waals surface area contributed by atoms with Crippen LogP contribution in [0.4, 0.5) is 13.2 Å². The van der Waals surface area contributed by atoms with Gasteiger partial charge in [0.05, 0.1) is 36.3 Å². The lowest BCUT2D eigenvalue weighted by molar-refractivity contribution is -0.139. The van der Waals surface area contributed by atoms with Gasteiger partial charge < -0.3 is 20.4 Å². The first kappa shape index (κ1) is 33.6. The van der Waals surface area contributed by atoms with E-state index in [1.165, 1.54) is 17.8 Å². The monoisotopic (exact) mass is 660 g/mol. The number of alkyl halides is 3. The number of aliphatic hydroxyl groups excluding tert-OH is 2. The highest BCUT2D eigenvalue weighted by atomic mass is 32.2. The Bertz CT molecular complexity index is 1380. The van der Waals surface area contributed by atoms with Gasteiger partial charge in [-0.1, -0.05) is 6.07 Å². The zero-order chi connectivity index (χ0) is 31.5. The van der Waals surface area contributed by atoms with E-state index in [0.717, 1.165) is 49.5 Å². The van der Waals surface area contributed by atoms with Gasteiger partial charge in [0.1, 0.15) is 0 Å². The minimum absolute atomic E-state index is 0.101. The lowest BCUT2D eigenvalue weighted by Crippen LogP contribution is -2.46. The number of rotatable bonds is 11. The number of β-amino-alcohol motifs (C(OH)–C–C–N with tert-alkyl or cyclic N) is 2. The van der Waals surface area contributed by atoms with Crippen LogP contribution in [0.1, 0.15) is 42.5 Å². The number of piperidine rings is 2. The molecule has 2 saturated heterocycles. The van der Waals surface area contributed by atoms with Crippen LogP contribution in [0.3, 0.4) is 0 Å². The number of aliphatic hydroxyl groups is 2. The van der Waals surface area contributed by atoms with E-state index in [-0.39, 0.29) is 23.6 Å². The Morgan fingerprint density at radius 3 is 2.64 bits per heavy atom. The highest BCUT2D eigenvalue weighted by Crippen LogP contribution is 2.40. The summed E-state index contributed by atoms with van der Waals surface area (Å²) in [5.41, 5.74) is 2.49. The number of benzene rings is 1. The predicted molar refractivity (Wildman–Crippen MR) is 164 cm³/mol. The normalized spacial score (nSPS) is 21.8. The summed E-state index contributed by atoms with van der Waals surface area (Å²) in [6.45, 7) is 5.29. The molecule has 2 unspecified atom stereocenters. The zero-order valence-electron chi connectivity index (χ0n) is 25.0. The van der Waals surface area contributed by atoms with E-state index in [9.17, 15) is 31.8 Å². The molecule has 2 aromatic rings. The molecule has 15 heteroatoms. The molecule has 2 atom stereocenters. The third kappa shape index (κ3) is 8.96. The minimum atomic E-state index is -4.48. The van der Waals surface area contributed by atoms with Gasteiger partial charge >= 0.3 is 6.18 Å². The second-order valence-corrected chi connectivity index (χ2v) is 15.1. The molecule has 1 aromatic carbocycles.